The van der Waals surface area contributed by atoms with Crippen LogP contribution in [0.2, 0.25) is 5.02 Å². The van der Waals surface area contributed by atoms with Crippen LogP contribution in [0.5, 0.6) is 0 Å². The minimum Gasteiger partial charge on any atom is -0.350 e. The van der Waals surface area contributed by atoms with E-state index >= 15 is 0 Å². The van der Waals surface area contributed by atoms with Crippen LogP contribution in [0.3, 0.4) is 0 Å². The molecule has 0 aliphatic heterocycles. The number of nitrogens with zero attached hydrogens (tertiary/aromatic N) is 2. The van der Waals surface area contributed by atoms with E-state index in [0.717, 1.165) is 28.7 Å². The fourth-order valence-electron chi connectivity index (χ4n) is 2.64. The Bertz CT molecular complexity index is 841. The Morgan fingerprint density at radius 1 is 1.22 bits per heavy atom. The van der Waals surface area contributed by atoms with Gasteiger partial charge in [-0.15, -0.1) is 0 Å². The molecule has 5 heteroatoms. The van der Waals surface area contributed by atoms with Crippen molar-refractivity contribution in [2.75, 3.05) is 0 Å². The van der Waals surface area contributed by atoms with E-state index in [1.165, 1.54) is 0 Å². The number of aryl methyl sites for hydroxylation is 1. The molecule has 1 heterocycles. The van der Waals surface area contributed by atoms with Crippen LogP contribution in [0.4, 0.5) is 0 Å². The van der Waals surface area contributed by atoms with E-state index in [4.69, 9.17) is 11.6 Å². The largest absolute Gasteiger partial charge is 0.350 e. The second-order valence-corrected chi connectivity index (χ2v) is 5.80. The summed E-state index contributed by atoms with van der Waals surface area (Å²) in [4.78, 5) is 12.1. The molecule has 118 valence electrons. The van der Waals surface area contributed by atoms with Crippen molar-refractivity contribution < 1.29 is 4.79 Å². The predicted molar refractivity (Wildman–Crippen MR) is 92.4 cm³/mol. The maximum atomic E-state index is 12.1. The van der Waals surface area contributed by atoms with Crippen LogP contribution in [-0.4, -0.2) is 15.7 Å². The average Bonchev–Trinajstić information content (AvgIpc) is 2.91. The molecule has 4 nitrogen and oxygen atoms in total. The summed E-state index contributed by atoms with van der Waals surface area (Å²) >= 11 is 5.94. The zero-order valence-electron chi connectivity index (χ0n) is 12.9. The second-order valence-electron chi connectivity index (χ2n) is 5.36. The molecule has 0 unspecified atom stereocenters. The molecule has 3 rings (SSSR count). The van der Waals surface area contributed by atoms with Crippen molar-refractivity contribution in [2.45, 2.75) is 26.4 Å². The molecule has 0 atom stereocenters. The zero-order valence-corrected chi connectivity index (χ0v) is 13.7. The molecule has 0 saturated carbocycles. The molecule has 1 amide bonds. The summed E-state index contributed by atoms with van der Waals surface area (Å²) in [5.41, 5.74) is 2.88. The predicted octanol–water partition coefficient (Wildman–Crippen LogP) is 3.57. The molecule has 23 heavy (non-hydrogen) atoms. The molecule has 0 saturated heterocycles. The first-order chi connectivity index (χ1) is 11.2. The van der Waals surface area contributed by atoms with Crippen LogP contribution in [0.15, 0.2) is 48.5 Å². The molecule has 0 bridgehead atoms. The van der Waals surface area contributed by atoms with Gasteiger partial charge in [-0.3, -0.25) is 9.48 Å². The summed E-state index contributed by atoms with van der Waals surface area (Å²) in [6.45, 7) is 3.28. The molecule has 2 aromatic carbocycles. The Morgan fingerprint density at radius 3 is 2.83 bits per heavy atom. The summed E-state index contributed by atoms with van der Waals surface area (Å²) in [6.07, 6.45) is 0.312. The standard InChI is InChI=1S/C18H18ClN3O/c1-2-22-17-9-4-3-8-15(17)16(21-22)12-20-18(23)11-13-6-5-7-14(19)10-13/h3-10H,2,11-12H2,1H3,(H,20,23). The summed E-state index contributed by atoms with van der Waals surface area (Å²) < 4.78 is 1.95. The highest BCUT2D eigenvalue weighted by Crippen LogP contribution is 2.18. The number of nitrogens with one attached hydrogen (secondary N) is 1. The zero-order chi connectivity index (χ0) is 16.2. The molecular weight excluding hydrogens is 310 g/mol. The maximum Gasteiger partial charge on any atom is 0.224 e. The van der Waals surface area contributed by atoms with Crippen LogP contribution in [0.25, 0.3) is 10.9 Å². The molecule has 1 aromatic heterocycles. The van der Waals surface area contributed by atoms with Gasteiger partial charge in [0.25, 0.3) is 0 Å². The lowest BCUT2D eigenvalue weighted by Gasteiger charge is -2.04. The first-order valence-electron chi connectivity index (χ1n) is 7.63. The van der Waals surface area contributed by atoms with E-state index in [-0.39, 0.29) is 5.91 Å². The fourth-order valence-corrected chi connectivity index (χ4v) is 2.86. The van der Waals surface area contributed by atoms with Crippen molar-refractivity contribution in [1.82, 2.24) is 15.1 Å². The molecule has 0 aliphatic carbocycles. The lowest BCUT2D eigenvalue weighted by atomic mass is 10.1. The lowest BCUT2D eigenvalue weighted by molar-refractivity contribution is -0.120. The molecule has 1 N–H and O–H groups in total. The lowest BCUT2D eigenvalue weighted by Crippen LogP contribution is -2.24. The highest BCUT2D eigenvalue weighted by atomic mass is 35.5. The van der Waals surface area contributed by atoms with Crippen LogP contribution >= 0.6 is 11.6 Å². The summed E-state index contributed by atoms with van der Waals surface area (Å²) in [6, 6.07) is 15.4. The molecule has 0 radical (unpaired) electrons. The molecule has 3 aromatic rings. The van der Waals surface area contributed by atoms with Crippen LogP contribution < -0.4 is 5.32 Å². The van der Waals surface area contributed by atoms with Gasteiger partial charge < -0.3 is 5.32 Å². The van der Waals surface area contributed by atoms with E-state index in [1.54, 1.807) is 6.07 Å². The van der Waals surface area contributed by atoms with E-state index in [9.17, 15) is 4.79 Å². The number of fused-ring (bicyclic) bond motifs is 1. The van der Waals surface area contributed by atoms with Crippen LogP contribution in [0.1, 0.15) is 18.2 Å². The molecular formula is C18H18ClN3O. The van der Waals surface area contributed by atoms with Gasteiger partial charge in [-0.25, -0.2) is 0 Å². The fraction of sp³-hybridized carbons (Fsp3) is 0.222. The van der Waals surface area contributed by atoms with Crippen molar-refractivity contribution in [2.24, 2.45) is 0 Å². The third-order valence-electron chi connectivity index (χ3n) is 3.74. The topological polar surface area (TPSA) is 46.9 Å². The number of aromatic nitrogens is 2. The van der Waals surface area contributed by atoms with Crippen molar-refractivity contribution in [3.63, 3.8) is 0 Å². The first kappa shape index (κ1) is 15.6. The number of benzene rings is 2. The van der Waals surface area contributed by atoms with Gasteiger partial charge in [-0.05, 0) is 30.7 Å². The Hall–Kier alpha value is -2.33. The quantitative estimate of drug-likeness (QED) is 0.778. The monoisotopic (exact) mass is 327 g/mol. The average molecular weight is 328 g/mol. The van der Waals surface area contributed by atoms with Crippen LogP contribution in [-0.2, 0) is 24.3 Å². The Labute approximate surface area is 140 Å². The van der Waals surface area contributed by atoms with Gasteiger partial charge >= 0.3 is 0 Å². The highest BCUT2D eigenvalue weighted by Gasteiger charge is 2.10. The SMILES string of the molecule is CCn1nc(CNC(=O)Cc2cccc(Cl)c2)c2ccccc21. The van der Waals surface area contributed by atoms with E-state index in [1.807, 2.05) is 47.1 Å². The minimum atomic E-state index is -0.0394. The first-order valence-corrected chi connectivity index (χ1v) is 8.00. The van der Waals surface area contributed by atoms with Gasteiger partial charge in [-0.1, -0.05) is 41.9 Å². The van der Waals surface area contributed by atoms with Gasteiger partial charge in [0.05, 0.1) is 24.2 Å². The third kappa shape index (κ3) is 3.54. The molecule has 0 fully saturated rings. The van der Waals surface area contributed by atoms with Crippen molar-refractivity contribution >= 4 is 28.4 Å². The van der Waals surface area contributed by atoms with Crippen LogP contribution in [0, 0.1) is 0 Å². The van der Waals surface area contributed by atoms with E-state index in [2.05, 4.69) is 17.3 Å². The molecule has 0 spiro atoms. The number of carbonyl (C=O) groups is 1. The van der Waals surface area contributed by atoms with Crippen molar-refractivity contribution in [1.29, 1.82) is 0 Å². The third-order valence-corrected chi connectivity index (χ3v) is 3.98. The number of rotatable bonds is 5. The van der Waals surface area contributed by atoms with Gasteiger partial charge in [0.2, 0.25) is 5.91 Å². The number of hydrogen-bond donors (Lipinski definition) is 1. The van der Waals surface area contributed by atoms with E-state index < -0.39 is 0 Å². The molecule has 0 aliphatic rings. The highest BCUT2D eigenvalue weighted by molar-refractivity contribution is 6.30. The van der Waals surface area contributed by atoms with Crippen molar-refractivity contribution in [3.05, 3.63) is 64.8 Å². The minimum absolute atomic E-state index is 0.0394. The number of para-hydroxylation sites is 1. The van der Waals surface area contributed by atoms with Gasteiger partial charge in [0.1, 0.15) is 0 Å². The Morgan fingerprint density at radius 2 is 2.04 bits per heavy atom. The second kappa shape index (κ2) is 6.84. The normalized spacial score (nSPS) is 10.9. The number of hydrogen-bond acceptors (Lipinski definition) is 2. The smallest absolute Gasteiger partial charge is 0.224 e. The Balaban J connectivity index is 1.70. The number of halogens is 1. The van der Waals surface area contributed by atoms with E-state index in [0.29, 0.717) is 18.0 Å². The van der Waals surface area contributed by atoms with Gasteiger partial charge in [0.15, 0.2) is 0 Å². The number of carbonyl (C=O) groups excluding carboxylic acids is 1. The summed E-state index contributed by atoms with van der Waals surface area (Å²) in [5, 5.41) is 9.24. The van der Waals surface area contributed by atoms with Gasteiger partial charge in [0, 0.05) is 17.0 Å². The summed E-state index contributed by atoms with van der Waals surface area (Å²) in [7, 11) is 0. The van der Waals surface area contributed by atoms with Crippen molar-refractivity contribution in [3.8, 4) is 0 Å². The number of amides is 1. The maximum absolute atomic E-state index is 12.1. The summed E-state index contributed by atoms with van der Waals surface area (Å²) in [5.74, 6) is -0.0394. The van der Waals surface area contributed by atoms with Gasteiger partial charge in [-0.2, -0.15) is 5.10 Å². The Kier molecular flexibility index (Phi) is 4.63.